The third kappa shape index (κ3) is 4.71. The van der Waals surface area contributed by atoms with Gasteiger partial charge in [0, 0.05) is 33.8 Å². The molecule has 0 saturated carbocycles. The van der Waals surface area contributed by atoms with Gasteiger partial charge in [0.05, 0.1) is 11.6 Å². The average molecular weight is 477 g/mol. The number of aryl methyl sites for hydroxylation is 1. The lowest BCUT2D eigenvalue weighted by Gasteiger charge is -2.29. The molecule has 0 aromatic heterocycles. The summed E-state index contributed by atoms with van der Waals surface area (Å²) < 4.78 is 42.2. The second-order valence-corrected chi connectivity index (χ2v) is 8.68. The van der Waals surface area contributed by atoms with Gasteiger partial charge >= 0.3 is 6.18 Å². The summed E-state index contributed by atoms with van der Waals surface area (Å²) >= 11 is 13.3. The maximum Gasteiger partial charge on any atom is 0.435 e. The maximum absolute atomic E-state index is 14.1. The van der Waals surface area contributed by atoms with Crippen molar-refractivity contribution >= 4 is 46.6 Å². The van der Waals surface area contributed by atoms with Crippen LogP contribution in [0.25, 0.3) is 0 Å². The van der Waals surface area contributed by atoms with Crippen LogP contribution in [-0.4, -0.2) is 23.7 Å². The van der Waals surface area contributed by atoms with Gasteiger partial charge in [0.15, 0.2) is 0 Å². The number of carbonyl (C=O) groups excluding carboxylic acids is 1. The Morgan fingerprint density at radius 3 is 2.47 bits per heavy atom. The highest BCUT2D eigenvalue weighted by molar-refractivity contribution is 7.99. The first-order chi connectivity index (χ1) is 14.0. The van der Waals surface area contributed by atoms with Gasteiger partial charge in [0.1, 0.15) is 0 Å². The molecule has 1 atom stereocenters. The first-order valence-electron chi connectivity index (χ1n) is 8.78. The van der Waals surface area contributed by atoms with Gasteiger partial charge in [-0.3, -0.25) is 4.79 Å². The summed E-state index contributed by atoms with van der Waals surface area (Å²) in [5.41, 5.74) is -1.32. The minimum atomic E-state index is -4.74. The largest absolute Gasteiger partial charge is 0.435 e. The molecule has 160 valence electrons. The van der Waals surface area contributed by atoms with Crippen LogP contribution in [0, 0.1) is 6.92 Å². The van der Waals surface area contributed by atoms with Gasteiger partial charge in [0.25, 0.3) is 5.60 Å². The molecular weight excluding hydrogens is 460 g/mol. The van der Waals surface area contributed by atoms with Crippen LogP contribution >= 0.6 is 35.0 Å². The molecule has 2 aromatic carbocycles. The summed E-state index contributed by atoms with van der Waals surface area (Å²) in [6, 6.07) is 8.94. The molecule has 1 unspecified atom stereocenters. The third-order valence-corrected chi connectivity index (χ3v) is 6.07. The standard InChI is InChI=1S/C20H17Cl2F3N2O2S/c1-11-5-13(3-4-18(11)30-10-26-12(2)28)17-9-19(29-27-17,20(23,24)25)14-6-15(21)8-16(22)7-14/h3-8H,9-10H2,1-2H3,(H,26,28). The van der Waals surface area contributed by atoms with Gasteiger partial charge in [-0.25, -0.2) is 0 Å². The van der Waals surface area contributed by atoms with Gasteiger partial charge in [-0.15, -0.1) is 11.8 Å². The Morgan fingerprint density at radius 2 is 1.90 bits per heavy atom. The van der Waals surface area contributed by atoms with Crippen molar-refractivity contribution in [3.05, 3.63) is 63.1 Å². The minimum absolute atomic E-state index is 0.0783. The number of halogens is 5. The lowest BCUT2D eigenvalue weighted by atomic mass is 9.86. The molecule has 1 amide bonds. The summed E-state index contributed by atoms with van der Waals surface area (Å²) in [7, 11) is 0. The van der Waals surface area contributed by atoms with E-state index < -0.39 is 18.2 Å². The van der Waals surface area contributed by atoms with Gasteiger partial charge in [-0.1, -0.05) is 34.4 Å². The quantitative estimate of drug-likeness (QED) is 0.420. The molecule has 0 saturated heterocycles. The zero-order valence-electron chi connectivity index (χ0n) is 15.9. The van der Waals surface area contributed by atoms with E-state index >= 15 is 0 Å². The molecule has 0 spiro atoms. The Balaban J connectivity index is 1.87. The molecule has 1 heterocycles. The zero-order valence-corrected chi connectivity index (χ0v) is 18.3. The maximum atomic E-state index is 14.1. The highest BCUT2D eigenvalue weighted by Crippen LogP contribution is 2.49. The van der Waals surface area contributed by atoms with E-state index in [1.54, 1.807) is 18.2 Å². The number of hydrogen-bond donors (Lipinski definition) is 1. The van der Waals surface area contributed by atoms with Crippen LogP contribution in [0.2, 0.25) is 10.0 Å². The van der Waals surface area contributed by atoms with Crippen LogP contribution in [0.5, 0.6) is 0 Å². The van der Waals surface area contributed by atoms with Crippen molar-refractivity contribution in [2.45, 2.75) is 36.9 Å². The van der Waals surface area contributed by atoms with Crippen molar-refractivity contribution in [2.75, 3.05) is 5.88 Å². The number of hydrogen-bond acceptors (Lipinski definition) is 4. The Hall–Kier alpha value is -1.90. The summed E-state index contributed by atoms with van der Waals surface area (Å²) in [5, 5.41) is 6.60. The smallest absolute Gasteiger partial charge is 0.374 e. The van der Waals surface area contributed by atoms with Crippen molar-refractivity contribution in [3.8, 4) is 0 Å². The summed E-state index contributed by atoms with van der Waals surface area (Å²) in [6.07, 6.45) is -5.25. The fourth-order valence-corrected chi connectivity index (χ4v) is 4.46. The molecule has 30 heavy (non-hydrogen) atoms. The van der Waals surface area contributed by atoms with E-state index in [4.69, 9.17) is 28.0 Å². The van der Waals surface area contributed by atoms with E-state index in [1.165, 1.54) is 36.9 Å². The van der Waals surface area contributed by atoms with E-state index in [-0.39, 0.29) is 27.2 Å². The van der Waals surface area contributed by atoms with Crippen LogP contribution in [0.4, 0.5) is 13.2 Å². The Bertz CT molecular complexity index is 994. The molecule has 10 heteroatoms. The van der Waals surface area contributed by atoms with Crippen molar-refractivity contribution < 1.29 is 22.8 Å². The number of alkyl halides is 3. The Morgan fingerprint density at radius 1 is 1.23 bits per heavy atom. The molecule has 1 aliphatic heterocycles. The lowest BCUT2D eigenvalue weighted by molar-refractivity contribution is -0.275. The Labute approximate surface area is 185 Å². The lowest BCUT2D eigenvalue weighted by Crippen LogP contribution is -2.42. The van der Waals surface area contributed by atoms with Crippen LogP contribution in [0.3, 0.4) is 0 Å². The third-order valence-electron chi connectivity index (χ3n) is 4.57. The van der Waals surface area contributed by atoms with Crippen LogP contribution in [0.15, 0.2) is 46.4 Å². The molecular formula is C20H17Cl2F3N2O2S. The van der Waals surface area contributed by atoms with E-state index in [9.17, 15) is 18.0 Å². The number of amides is 1. The highest BCUT2D eigenvalue weighted by Gasteiger charge is 2.62. The van der Waals surface area contributed by atoms with E-state index in [0.717, 1.165) is 10.5 Å². The fraction of sp³-hybridized carbons (Fsp3) is 0.300. The monoisotopic (exact) mass is 476 g/mol. The molecule has 0 fully saturated rings. The second kappa shape index (κ2) is 8.69. The minimum Gasteiger partial charge on any atom is -0.374 e. The van der Waals surface area contributed by atoms with Gasteiger partial charge in [-0.2, -0.15) is 13.2 Å². The average Bonchev–Trinajstić information content (AvgIpc) is 3.09. The molecule has 0 aliphatic carbocycles. The molecule has 1 aliphatic rings. The number of benzene rings is 2. The van der Waals surface area contributed by atoms with Crippen molar-refractivity contribution in [2.24, 2.45) is 5.16 Å². The van der Waals surface area contributed by atoms with Crippen molar-refractivity contribution in [3.63, 3.8) is 0 Å². The first-order valence-corrected chi connectivity index (χ1v) is 10.5. The molecule has 1 N–H and O–H groups in total. The van der Waals surface area contributed by atoms with Gasteiger partial charge in [-0.05, 0) is 48.4 Å². The van der Waals surface area contributed by atoms with Crippen molar-refractivity contribution in [1.29, 1.82) is 0 Å². The zero-order chi connectivity index (χ0) is 22.1. The normalized spacial score (nSPS) is 18.7. The molecule has 3 rings (SSSR count). The second-order valence-electron chi connectivity index (χ2n) is 6.79. The number of rotatable bonds is 5. The molecule has 2 aromatic rings. The predicted octanol–water partition coefficient (Wildman–Crippen LogP) is 6.07. The highest BCUT2D eigenvalue weighted by atomic mass is 35.5. The fourth-order valence-electron chi connectivity index (χ4n) is 3.05. The van der Waals surface area contributed by atoms with E-state index in [2.05, 4.69) is 10.5 Å². The number of thioether (sulfide) groups is 1. The van der Waals surface area contributed by atoms with Crippen LogP contribution < -0.4 is 5.32 Å². The van der Waals surface area contributed by atoms with E-state index in [1.807, 2.05) is 6.92 Å². The number of nitrogens with one attached hydrogen (secondary N) is 1. The summed E-state index contributed by atoms with van der Waals surface area (Å²) in [5.74, 6) is 0.255. The number of oxime groups is 1. The summed E-state index contributed by atoms with van der Waals surface area (Å²) in [4.78, 5) is 16.9. The van der Waals surface area contributed by atoms with Crippen LogP contribution in [0.1, 0.15) is 30.0 Å². The van der Waals surface area contributed by atoms with Gasteiger partial charge in [0.2, 0.25) is 5.91 Å². The number of nitrogens with zero attached hydrogens (tertiary/aromatic N) is 1. The predicted molar refractivity (Wildman–Crippen MR) is 112 cm³/mol. The molecule has 4 nitrogen and oxygen atoms in total. The number of carbonyl (C=O) groups is 1. The first kappa shape index (κ1) is 22.8. The van der Waals surface area contributed by atoms with Crippen molar-refractivity contribution in [1.82, 2.24) is 5.32 Å². The van der Waals surface area contributed by atoms with E-state index in [0.29, 0.717) is 11.4 Å². The molecule has 0 bridgehead atoms. The SMILES string of the molecule is CC(=O)NCSc1ccc(C2=NOC(c3cc(Cl)cc(Cl)c3)(C(F)(F)F)C2)cc1C. The Kier molecular flexibility index (Phi) is 6.60. The van der Waals surface area contributed by atoms with Gasteiger partial charge < -0.3 is 10.2 Å². The summed E-state index contributed by atoms with van der Waals surface area (Å²) in [6.45, 7) is 3.26. The molecule has 0 radical (unpaired) electrons. The van der Waals surface area contributed by atoms with Crippen LogP contribution in [-0.2, 0) is 15.2 Å². The topological polar surface area (TPSA) is 50.7 Å².